The Morgan fingerprint density at radius 1 is 1.15 bits per heavy atom. The SMILES string of the molecule is Cc1cccc(S(=O)(=O)NCCN2CCN(C(=O)c3ccco3)CC2)c1. The topological polar surface area (TPSA) is 82.9 Å². The molecule has 1 amide bonds. The number of aryl methyl sites for hydroxylation is 1. The maximum absolute atomic E-state index is 12.3. The minimum absolute atomic E-state index is 0.102. The number of nitrogens with one attached hydrogen (secondary N) is 1. The van der Waals surface area contributed by atoms with E-state index in [-0.39, 0.29) is 10.8 Å². The van der Waals surface area contributed by atoms with E-state index in [1.54, 1.807) is 35.2 Å². The second-order valence-electron chi connectivity index (χ2n) is 6.33. The average molecular weight is 377 g/mol. The van der Waals surface area contributed by atoms with Gasteiger partial charge in [-0.3, -0.25) is 9.69 Å². The lowest BCUT2D eigenvalue weighted by atomic mass is 10.2. The van der Waals surface area contributed by atoms with Gasteiger partial charge in [0.05, 0.1) is 11.2 Å². The standard InChI is InChI=1S/C18H23N3O4S/c1-15-4-2-5-16(14-15)26(23,24)19-7-8-20-9-11-21(12-10-20)18(22)17-6-3-13-25-17/h2-6,13-14,19H,7-12H2,1H3. The first kappa shape index (κ1) is 18.6. The number of nitrogens with zero attached hydrogens (tertiary/aromatic N) is 2. The molecule has 0 aliphatic carbocycles. The lowest BCUT2D eigenvalue weighted by Gasteiger charge is -2.34. The van der Waals surface area contributed by atoms with E-state index >= 15 is 0 Å². The van der Waals surface area contributed by atoms with Gasteiger partial charge in [-0.05, 0) is 36.8 Å². The summed E-state index contributed by atoms with van der Waals surface area (Å²) in [5, 5.41) is 0. The molecule has 0 saturated carbocycles. The molecule has 1 aliphatic heterocycles. The fraction of sp³-hybridized carbons (Fsp3) is 0.389. The third kappa shape index (κ3) is 4.51. The number of hydrogen-bond donors (Lipinski definition) is 1. The molecule has 1 N–H and O–H groups in total. The number of carbonyl (C=O) groups excluding carboxylic acids is 1. The highest BCUT2D eigenvalue weighted by Gasteiger charge is 2.23. The fourth-order valence-corrected chi connectivity index (χ4v) is 4.06. The molecule has 1 fully saturated rings. The van der Waals surface area contributed by atoms with Gasteiger partial charge in [-0.25, -0.2) is 13.1 Å². The van der Waals surface area contributed by atoms with Gasteiger partial charge in [0.25, 0.3) is 5.91 Å². The normalized spacial score (nSPS) is 16.0. The second kappa shape index (κ2) is 8.03. The number of benzene rings is 1. The predicted molar refractivity (Wildman–Crippen MR) is 97.4 cm³/mol. The zero-order valence-electron chi connectivity index (χ0n) is 14.7. The first-order valence-electron chi connectivity index (χ1n) is 8.57. The van der Waals surface area contributed by atoms with Crippen LogP contribution in [0.1, 0.15) is 16.1 Å². The van der Waals surface area contributed by atoms with Gasteiger partial charge in [0, 0.05) is 39.3 Å². The Hall–Kier alpha value is -2.16. The Morgan fingerprint density at radius 3 is 2.58 bits per heavy atom. The van der Waals surface area contributed by atoms with Crippen molar-refractivity contribution in [2.24, 2.45) is 0 Å². The molecule has 0 radical (unpaired) electrons. The summed E-state index contributed by atoms with van der Waals surface area (Å²) >= 11 is 0. The third-order valence-corrected chi connectivity index (χ3v) is 5.87. The van der Waals surface area contributed by atoms with E-state index in [1.807, 2.05) is 13.0 Å². The molecule has 3 rings (SSSR count). The van der Waals surface area contributed by atoms with Crippen molar-refractivity contribution < 1.29 is 17.6 Å². The van der Waals surface area contributed by atoms with Crippen LogP contribution in [0.25, 0.3) is 0 Å². The molecule has 0 bridgehead atoms. The van der Waals surface area contributed by atoms with Gasteiger partial charge < -0.3 is 9.32 Å². The minimum Gasteiger partial charge on any atom is -0.459 e. The Morgan fingerprint density at radius 2 is 1.92 bits per heavy atom. The van der Waals surface area contributed by atoms with Crippen LogP contribution in [0.15, 0.2) is 52.0 Å². The minimum atomic E-state index is -3.49. The van der Waals surface area contributed by atoms with Crippen molar-refractivity contribution in [3.8, 4) is 0 Å². The van der Waals surface area contributed by atoms with E-state index in [1.165, 1.54) is 6.26 Å². The van der Waals surface area contributed by atoms with Crippen LogP contribution in [0.3, 0.4) is 0 Å². The van der Waals surface area contributed by atoms with Gasteiger partial charge in [0.2, 0.25) is 10.0 Å². The molecule has 140 valence electrons. The van der Waals surface area contributed by atoms with Crippen molar-refractivity contribution in [3.05, 3.63) is 54.0 Å². The van der Waals surface area contributed by atoms with Crippen molar-refractivity contribution in [2.75, 3.05) is 39.3 Å². The first-order chi connectivity index (χ1) is 12.5. The van der Waals surface area contributed by atoms with E-state index in [0.717, 1.165) is 5.56 Å². The highest BCUT2D eigenvalue weighted by molar-refractivity contribution is 7.89. The number of carbonyl (C=O) groups is 1. The van der Waals surface area contributed by atoms with E-state index in [9.17, 15) is 13.2 Å². The van der Waals surface area contributed by atoms with Gasteiger partial charge in [-0.1, -0.05) is 12.1 Å². The van der Waals surface area contributed by atoms with Crippen molar-refractivity contribution in [1.29, 1.82) is 0 Å². The molecule has 1 aromatic carbocycles. The van der Waals surface area contributed by atoms with Gasteiger partial charge in [-0.15, -0.1) is 0 Å². The average Bonchev–Trinajstić information content (AvgIpc) is 3.16. The summed E-state index contributed by atoms with van der Waals surface area (Å²) in [5.74, 6) is 0.249. The van der Waals surface area contributed by atoms with Crippen molar-refractivity contribution in [3.63, 3.8) is 0 Å². The molecule has 0 unspecified atom stereocenters. The maximum Gasteiger partial charge on any atom is 0.289 e. The molecular weight excluding hydrogens is 354 g/mol. The van der Waals surface area contributed by atoms with Crippen LogP contribution in [-0.2, 0) is 10.0 Å². The molecule has 1 aromatic heterocycles. The molecule has 0 spiro atoms. The summed E-state index contributed by atoms with van der Waals surface area (Å²) in [6, 6.07) is 10.2. The molecule has 8 heteroatoms. The maximum atomic E-state index is 12.3. The number of amides is 1. The van der Waals surface area contributed by atoms with E-state index in [4.69, 9.17) is 4.42 Å². The van der Waals surface area contributed by atoms with Crippen LogP contribution in [-0.4, -0.2) is 63.4 Å². The van der Waals surface area contributed by atoms with Crippen molar-refractivity contribution in [2.45, 2.75) is 11.8 Å². The molecule has 2 aromatic rings. The molecule has 0 atom stereocenters. The number of hydrogen-bond acceptors (Lipinski definition) is 5. The lowest BCUT2D eigenvalue weighted by Crippen LogP contribution is -2.50. The van der Waals surface area contributed by atoms with Crippen molar-refractivity contribution in [1.82, 2.24) is 14.5 Å². The summed E-state index contributed by atoms with van der Waals surface area (Å²) < 4.78 is 32.4. The van der Waals surface area contributed by atoms with Crippen LogP contribution in [0.4, 0.5) is 0 Å². The van der Waals surface area contributed by atoms with E-state index in [2.05, 4.69) is 9.62 Å². The van der Waals surface area contributed by atoms with Crippen LogP contribution in [0.2, 0.25) is 0 Å². The summed E-state index contributed by atoms with van der Waals surface area (Å²) in [6.45, 7) is 5.42. The predicted octanol–water partition coefficient (Wildman–Crippen LogP) is 1.32. The molecule has 1 aliphatic rings. The Balaban J connectivity index is 1.45. The van der Waals surface area contributed by atoms with Crippen LogP contribution >= 0.6 is 0 Å². The number of piperazine rings is 1. The summed E-state index contributed by atoms with van der Waals surface area (Å²) in [5.41, 5.74) is 0.908. The van der Waals surface area contributed by atoms with Gasteiger partial charge in [-0.2, -0.15) is 0 Å². The fourth-order valence-electron chi connectivity index (χ4n) is 2.93. The van der Waals surface area contributed by atoms with Crippen LogP contribution in [0, 0.1) is 6.92 Å². The molecular formula is C18H23N3O4S. The van der Waals surface area contributed by atoms with Gasteiger partial charge in [0.1, 0.15) is 0 Å². The van der Waals surface area contributed by atoms with Gasteiger partial charge >= 0.3 is 0 Å². The summed E-state index contributed by atoms with van der Waals surface area (Å²) in [7, 11) is -3.49. The first-order valence-corrected chi connectivity index (χ1v) is 10.1. The Kier molecular flexibility index (Phi) is 5.75. The number of sulfonamides is 1. The number of furan rings is 1. The monoisotopic (exact) mass is 377 g/mol. The zero-order valence-corrected chi connectivity index (χ0v) is 15.5. The molecule has 26 heavy (non-hydrogen) atoms. The van der Waals surface area contributed by atoms with Gasteiger partial charge in [0.15, 0.2) is 5.76 Å². The lowest BCUT2D eigenvalue weighted by molar-refractivity contribution is 0.0609. The number of rotatable bonds is 6. The van der Waals surface area contributed by atoms with E-state index in [0.29, 0.717) is 45.0 Å². The second-order valence-corrected chi connectivity index (χ2v) is 8.09. The zero-order chi connectivity index (χ0) is 18.6. The molecule has 7 nitrogen and oxygen atoms in total. The molecule has 2 heterocycles. The quantitative estimate of drug-likeness (QED) is 0.821. The highest BCUT2D eigenvalue weighted by Crippen LogP contribution is 2.11. The Bertz CT molecular complexity index is 841. The largest absolute Gasteiger partial charge is 0.459 e. The van der Waals surface area contributed by atoms with Crippen LogP contribution < -0.4 is 4.72 Å². The third-order valence-electron chi connectivity index (χ3n) is 4.41. The molecule has 1 saturated heterocycles. The summed E-state index contributed by atoms with van der Waals surface area (Å²) in [4.78, 5) is 16.4. The smallest absolute Gasteiger partial charge is 0.289 e. The van der Waals surface area contributed by atoms with Crippen LogP contribution in [0.5, 0.6) is 0 Å². The van der Waals surface area contributed by atoms with E-state index < -0.39 is 10.0 Å². The highest BCUT2D eigenvalue weighted by atomic mass is 32.2. The Labute approximate surface area is 153 Å². The van der Waals surface area contributed by atoms with Crippen molar-refractivity contribution >= 4 is 15.9 Å². The summed E-state index contributed by atoms with van der Waals surface area (Å²) in [6.07, 6.45) is 1.49.